The molecular weight excluding hydrogens is 352 g/mol. The lowest BCUT2D eigenvalue weighted by Gasteiger charge is -2.32. The zero-order valence-electron chi connectivity index (χ0n) is 16.4. The summed E-state index contributed by atoms with van der Waals surface area (Å²) in [4.78, 5) is 25.7. The minimum absolute atomic E-state index is 0.0444. The summed E-state index contributed by atoms with van der Waals surface area (Å²) in [7, 11) is 0. The Morgan fingerprint density at radius 1 is 1.00 bits per heavy atom. The van der Waals surface area contributed by atoms with E-state index in [-0.39, 0.29) is 17.9 Å². The summed E-state index contributed by atoms with van der Waals surface area (Å²) in [6, 6.07) is 17.9. The topological polar surface area (TPSA) is 58.6 Å². The Morgan fingerprint density at radius 2 is 1.68 bits per heavy atom. The molecule has 2 aromatic carbocycles. The minimum atomic E-state index is -0.347. The average molecular weight is 380 g/mol. The smallest absolute Gasteiger partial charge is 0.308 e. The van der Waals surface area contributed by atoms with Crippen LogP contribution in [0.1, 0.15) is 30.9 Å². The molecule has 0 radical (unpaired) electrons. The number of benzene rings is 2. The summed E-state index contributed by atoms with van der Waals surface area (Å²) in [5.41, 5.74) is 2.28. The molecule has 2 aromatic rings. The van der Waals surface area contributed by atoms with Gasteiger partial charge in [-0.25, -0.2) is 0 Å². The summed E-state index contributed by atoms with van der Waals surface area (Å²) in [6.07, 6.45) is 3.40. The van der Waals surface area contributed by atoms with Crippen LogP contribution in [0.4, 0.5) is 0 Å². The molecule has 0 aromatic heterocycles. The largest absolute Gasteiger partial charge is 0.427 e. The van der Waals surface area contributed by atoms with Gasteiger partial charge in [0, 0.05) is 32.6 Å². The number of ether oxygens (including phenoxy) is 1. The first-order chi connectivity index (χ1) is 13.6. The molecule has 0 bridgehead atoms. The van der Waals surface area contributed by atoms with Gasteiger partial charge in [0.15, 0.2) is 0 Å². The molecule has 1 N–H and O–H groups in total. The summed E-state index contributed by atoms with van der Waals surface area (Å²) < 4.78 is 5.01. The molecule has 0 unspecified atom stereocenters. The fourth-order valence-electron chi connectivity index (χ4n) is 3.54. The molecule has 0 spiro atoms. The number of piperidine rings is 1. The van der Waals surface area contributed by atoms with E-state index >= 15 is 0 Å². The van der Waals surface area contributed by atoms with Gasteiger partial charge in [-0.15, -0.1) is 0 Å². The Balaban J connectivity index is 1.37. The van der Waals surface area contributed by atoms with Gasteiger partial charge in [-0.3, -0.25) is 9.59 Å². The SMILES string of the molecule is CC(=O)Oc1ccc(CC(=O)NC2CCN(CCc3ccccc3)CC2)cc1. The van der Waals surface area contributed by atoms with Crippen LogP contribution in [-0.4, -0.2) is 42.5 Å². The molecule has 1 fully saturated rings. The Kier molecular flexibility index (Phi) is 7.20. The first-order valence-electron chi connectivity index (χ1n) is 9.91. The maximum absolute atomic E-state index is 12.3. The maximum atomic E-state index is 12.3. The molecule has 148 valence electrons. The van der Waals surface area contributed by atoms with Crippen molar-refractivity contribution in [3.8, 4) is 5.75 Å². The van der Waals surface area contributed by atoms with E-state index in [1.807, 2.05) is 18.2 Å². The predicted molar refractivity (Wildman–Crippen MR) is 109 cm³/mol. The summed E-state index contributed by atoms with van der Waals surface area (Å²) >= 11 is 0. The molecule has 1 aliphatic heterocycles. The van der Waals surface area contributed by atoms with Gasteiger partial charge in [0.2, 0.25) is 5.91 Å². The van der Waals surface area contributed by atoms with E-state index in [1.165, 1.54) is 12.5 Å². The third-order valence-corrected chi connectivity index (χ3v) is 5.06. The van der Waals surface area contributed by atoms with Crippen LogP contribution >= 0.6 is 0 Å². The summed E-state index contributed by atoms with van der Waals surface area (Å²) in [5.74, 6) is 0.197. The molecule has 28 heavy (non-hydrogen) atoms. The molecule has 0 aliphatic carbocycles. The van der Waals surface area contributed by atoms with Crippen molar-refractivity contribution in [1.29, 1.82) is 0 Å². The van der Waals surface area contributed by atoms with Crippen molar-refractivity contribution in [1.82, 2.24) is 10.2 Å². The van der Waals surface area contributed by atoms with Crippen molar-refractivity contribution in [3.63, 3.8) is 0 Å². The summed E-state index contributed by atoms with van der Waals surface area (Å²) in [6.45, 7) is 4.48. The Labute approximate surface area is 166 Å². The molecule has 5 nitrogen and oxygen atoms in total. The highest BCUT2D eigenvalue weighted by molar-refractivity contribution is 5.79. The highest BCUT2D eigenvalue weighted by Gasteiger charge is 2.20. The zero-order chi connectivity index (χ0) is 19.8. The van der Waals surface area contributed by atoms with Crippen LogP contribution in [0.5, 0.6) is 5.75 Å². The van der Waals surface area contributed by atoms with E-state index in [9.17, 15) is 9.59 Å². The quantitative estimate of drug-likeness (QED) is 0.593. The van der Waals surface area contributed by atoms with E-state index in [2.05, 4.69) is 34.5 Å². The lowest BCUT2D eigenvalue weighted by Crippen LogP contribution is -2.45. The molecule has 3 rings (SSSR count). The lowest BCUT2D eigenvalue weighted by molar-refractivity contribution is -0.132. The minimum Gasteiger partial charge on any atom is -0.427 e. The van der Waals surface area contributed by atoms with Crippen LogP contribution in [-0.2, 0) is 22.4 Å². The molecular formula is C23H28N2O3. The van der Waals surface area contributed by atoms with Crippen molar-refractivity contribution in [2.24, 2.45) is 0 Å². The first kappa shape index (κ1) is 20.1. The van der Waals surface area contributed by atoms with Gasteiger partial charge >= 0.3 is 5.97 Å². The third-order valence-electron chi connectivity index (χ3n) is 5.06. The van der Waals surface area contributed by atoms with Crippen molar-refractivity contribution >= 4 is 11.9 Å². The lowest BCUT2D eigenvalue weighted by atomic mass is 10.0. The zero-order valence-corrected chi connectivity index (χ0v) is 16.4. The number of amides is 1. The maximum Gasteiger partial charge on any atom is 0.308 e. The number of hydrogen-bond donors (Lipinski definition) is 1. The van der Waals surface area contributed by atoms with Gasteiger partial charge in [-0.1, -0.05) is 42.5 Å². The molecule has 1 heterocycles. The van der Waals surface area contributed by atoms with Crippen molar-refractivity contribution in [2.75, 3.05) is 19.6 Å². The number of hydrogen-bond acceptors (Lipinski definition) is 4. The number of likely N-dealkylation sites (tertiary alicyclic amines) is 1. The molecule has 1 aliphatic rings. The molecule has 1 amide bonds. The van der Waals surface area contributed by atoms with Crippen LogP contribution in [0.15, 0.2) is 54.6 Å². The second-order valence-corrected chi connectivity index (χ2v) is 7.33. The van der Waals surface area contributed by atoms with Gasteiger partial charge in [0.25, 0.3) is 0 Å². The first-order valence-corrected chi connectivity index (χ1v) is 9.91. The fraction of sp³-hybridized carbons (Fsp3) is 0.391. The van der Waals surface area contributed by atoms with Crippen LogP contribution in [0.25, 0.3) is 0 Å². The standard InChI is InChI=1S/C23H28N2O3/c1-18(26)28-22-9-7-20(8-10-22)17-23(27)24-21-12-15-25(16-13-21)14-11-19-5-3-2-4-6-19/h2-10,21H,11-17H2,1H3,(H,24,27). The number of rotatable bonds is 7. The summed E-state index contributed by atoms with van der Waals surface area (Å²) in [5, 5.41) is 3.16. The number of esters is 1. The van der Waals surface area contributed by atoms with Crippen LogP contribution in [0.3, 0.4) is 0 Å². The van der Waals surface area contributed by atoms with Gasteiger partial charge in [-0.2, -0.15) is 0 Å². The second-order valence-electron chi connectivity index (χ2n) is 7.33. The molecule has 0 saturated carbocycles. The normalized spacial score (nSPS) is 15.2. The monoisotopic (exact) mass is 380 g/mol. The predicted octanol–water partition coefficient (Wildman–Crippen LogP) is 2.98. The van der Waals surface area contributed by atoms with Crippen LogP contribution in [0, 0.1) is 0 Å². The van der Waals surface area contributed by atoms with E-state index in [4.69, 9.17) is 4.74 Å². The number of nitrogens with zero attached hydrogens (tertiary/aromatic N) is 1. The van der Waals surface area contributed by atoms with Crippen molar-refractivity contribution in [3.05, 3.63) is 65.7 Å². The Hall–Kier alpha value is -2.66. The molecule has 0 atom stereocenters. The van der Waals surface area contributed by atoms with E-state index in [0.29, 0.717) is 12.2 Å². The van der Waals surface area contributed by atoms with E-state index in [0.717, 1.165) is 44.5 Å². The number of carbonyl (C=O) groups excluding carboxylic acids is 2. The Morgan fingerprint density at radius 3 is 2.32 bits per heavy atom. The number of nitrogens with one attached hydrogen (secondary N) is 1. The third kappa shape index (κ3) is 6.50. The van der Waals surface area contributed by atoms with Gasteiger partial charge in [0.1, 0.15) is 5.75 Å². The van der Waals surface area contributed by atoms with Crippen molar-refractivity contribution < 1.29 is 14.3 Å². The average Bonchev–Trinajstić information content (AvgIpc) is 2.69. The van der Waals surface area contributed by atoms with Crippen LogP contribution in [0.2, 0.25) is 0 Å². The molecule has 5 heteroatoms. The second kappa shape index (κ2) is 10.0. The van der Waals surface area contributed by atoms with Crippen molar-refractivity contribution in [2.45, 2.75) is 38.6 Å². The van der Waals surface area contributed by atoms with E-state index < -0.39 is 0 Å². The van der Waals surface area contributed by atoms with Gasteiger partial charge in [-0.05, 0) is 42.5 Å². The van der Waals surface area contributed by atoms with Gasteiger partial charge < -0.3 is 15.0 Å². The molecule has 1 saturated heterocycles. The van der Waals surface area contributed by atoms with Crippen LogP contribution < -0.4 is 10.1 Å². The van der Waals surface area contributed by atoms with Gasteiger partial charge in [0.05, 0.1) is 6.42 Å². The van der Waals surface area contributed by atoms with E-state index in [1.54, 1.807) is 12.1 Å². The highest BCUT2D eigenvalue weighted by Crippen LogP contribution is 2.14. The highest BCUT2D eigenvalue weighted by atomic mass is 16.5. The number of carbonyl (C=O) groups is 2. The Bertz CT molecular complexity index is 766. The fourth-order valence-corrected chi connectivity index (χ4v) is 3.54.